The van der Waals surface area contributed by atoms with E-state index in [9.17, 15) is 27.6 Å². The van der Waals surface area contributed by atoms with Crippen LogP contribution in [-0.4, -0.2) is 70.5 Å². The van der Waals surface area contributed by atoms with Crippen molar-refractivity contribution in [3.63, 3.8) is 0 Å². The van der Waals surface area contributed by atoms with Gasteiger partial charge in [0.25, 0.3) is 0 Å². The molecular formula is C30H42O12S. The molecule has 0 bridgehead atoms. The van der Waals surface area contributed by atoms with E-state index in [0.29, 0.717) is 17.6 Å². The largest absolute Gasteiger partial charge is 0.502 e. The van der Waals surface area contributed by atoms with Crippen molar-refractivity contribution in [2.24, 2.45) is 0 Å². The number of carbonyl (C=O) groups is 4. The topological polar surface area (TPSA) is 216 Å². The first-order valence-corrected chi connectivity index (χ1v) is 14.6. The van der Waals surface area contributed by atoms with Crippen molar-refractivity contribution in [2.75, 3.05) is 6.61 Å². The Morgan fingerprint density at radius 1 is 0.837 bits per heavy atom. The molecule has 1 aliphatic rings. The van der Waals surface area contributed by atoms with Crippen LogP contribution in [-0.2, 0) is 33.8 Å². The SMILES string of the molecule is C/C(=C\CC1CO1)C(=O)O.C/C=C(\C)C(=O)O.CC/C(=C(/C)C(=O)O)S(=O)(=O)c1ccc(C)cc1.CC/C=C(\O)C(=O)O. The third-order valence-corrected chi connectivity index (χ3v) is 7.67. The van der Waals surface area contributed by atoms with Gasteiger partial charge in [-0.3, -0.25) is 0 Å². The summed E-state index contributed by atoms with van der Waals surface area (Å²) < 4.78 is 29.5. The van der Waals surface area contributed by atoms with Gasteiger partial charge in [-0.15, -0.1) is 0 Å². The van der Waals surface area contributed by atoms with E-state index in [4.69, 9.17) is 30.3 Å². The van der Waals surface area contributed by atoms with Gasteiger partial charge in [0.05, 0.1) is 22.5 Å². The summed E-state index contributed by atoms with van der Waals surface area (Å²) in [6.45, 7) is 12.2. The predicted octanol–water partition coefficient (Wildman–Crippen LogP) is 5.30. The van der Waals surface area contributed by atoms with Gasteiger partial charge in [-0.05, 0) is 72.1 Å². The van der Waals surface area contributed by atoms with E-state index in [-0.39, 0.29) is 27.9 Å². The number of carboxylic acids is 4. The van der Waals surface area contributed by atoms with E-state index >= 15 is 0 Å². The zero-order chi connectivity index (χ0) is 33.9. The van der Waals surface area contributed by atoms with Crippen molar-refractivity contribution in [1.29, 1.82) is 0 Å². The number of rotatable bonds is 10. The molecule has 2 rings (SSSR count). The Kier molecular flexibility index (Phi) is 19.6. The summed E-state index contributed by atoms with van der Waals surface area (Å²) in [5.41, 5.74) is 1.61. The van der Waals surface area contributed by atoms with Gasteiger partial charge in [-0.2, -0.15) is 0 Å². The standard InChI is InChI=1S/C13H16O4S.C7H10O3.C5H8O3.C5H8O2/c1-4-12(10(3)13(14)15)18(16,17)11-7-5-9(2)6-8-11;1-5(7(8)9)2-3-6-4-10-6;1-2-3-4(6)5(7)8;1-3-4(2)5(6)7/h5-8H,4H2,1-3H3,(H,14,15);2,6H,3-4H2,1H3,(H,8,9);3,6H,2H2,1H3,(H,7,8);3H,1-2H3,(H,6,7)/b12-10+;5-2+;4-3-;4-3+. The van der Waals surface area contributed by atoms with Crippen molar-refractivity contribution >= 4 is 33.7 Å². The number of allylic oxidation sites excluding steroid dienone is 3. The molecule has 240 valence electrons. The zero-order valence-electron chi connectivity index (χ0n) is 25.4. The third-order valence-electron chi connectivity index (χ3n) is 5.53. The lowest BCUT2D eigenvalue weighted by atomic mass is 10.2. The number of hydrogen-bond acceptors (Lipinski definition) is 8. The number of ether oxygens (including phenoxy) is 1. The van der Waals surface area contributed by atoms with Crippen LogP contribution in [0, 0.1) is 6.92 Å². The highest BCUT2D eigenvalue weighted by atomic mass is 32.2. The summed E-state index contributed by atoms with van der Waals surface area (Å²) in [4.78, 5) is 40.9. The molecule has 1 aromatic rings. The van der Waals surface area contributed by atoms with E-state index in [1.807, 2.05) is 6.92 Å². The van der Waals surface area contributed by atoms with Crippen LogP contribution in [0.5, 0.6) is 0 Å². The lowest BCUT2D eigenvalue weighted by Gasteiger charge is -2.09. The molecule has 43 heavy (non-hydrogen) atoms. The summed E-state index contributed by atoms with van der Waals surface area (Å²) in [5.74, 6) is -4.75. The van der Waals surface area contributed by atoms with Crippen LogP contribution in [0.1, 0.15) is 66.4 Å². The maximum absolute atomic E-state index is 12.3. The molecule has 5 N–H and O–H groups in total. The van der Waals surface area contributed by atoms with E-state index in [1.165, 1.54) is 25.1 Å². The summed E-state index contributed by atoms with van der Waals surface area (Å²) in [5, 5.41) is 41.8. The molecule has 1 saturated heterocycles. The van der Waals surface area contributed by atoms with Gasteiger partial charge < -0.3 is 30.3 Å². The van der Waals surface area contributed by atoms with Crippen LogP contribution in [0.4, 0.5) is 0 Å². The fraction of sp³-hybridized carbons (Fsp3) is 0.400. The second-order valence-corrected chi connectivity index (χ2v) is 11.0. The second kappa shape index (κ2) is 20.6. The lowest BCUT2D eigenvalue weighted by Crippen LogP contribution is -2.10. The summed E-state index contributed by atoms with van der Waals surface area (Å²) >= 11 is 0. The van der Waals surface area contributed by atoms with E-state index in [2.05, 4.69) is 0 Å². The van der Waals surface area contributed by atoms with Gasteiger partial charge in [-0.1, -0.05) is 43.7 Å². The molecule has 12 nitrogen and oxygen atoms in total. The number of aryl methyl sites for hydroxylation is 1. The zero-order valence-corrected chi connectivity index (χ0v) is 26.3. The monoisotopic (exact) mass is 626 g/mol. The van der Waals surface area contributed by atoms with E-state index in [0.717, 1.165) is 18.6 Å². The Balaban J connectivity index is 0. The predicted molar refractivity (Wildman–Crippen MR) is 160 cm³/mol. The van der Waals surface area contributed by atoms with Crippen LogP contribution >= 0.6 is 0 Å². The molecule has 13 heteroatoms. The minimum absolute atomic E-state index is 0.0427. The first-order valence-electron chi connectivity index (χ1n) is 13.1. The van der Waals surface area contributed by atoms with Crippen molar-refractivity contribution < 1.29 is 57.9 Å². The molecule has 1 aliphatic heterocycles. The molecule has 0 radical (unpaired) electrons. The highest BCUT2D eigenvalue weighted by Gasteiger charge is 2.24. The molecule has 1 atom stereocenters. The van der Waals surface area contributed by atoms with Gasteiger partial charge in [0.1, 0.15) is 0 Å². The normalized spacial score (nSPS) is 15.1. The van der Waals surface area contributed by atoms with Crippen LogP contribution < -0.4 is 0 Å². The van der Waals surface area contributed by atoms with Crippen LogP contribution in [0.15, 0.2) is 74.8 Å². The van der Waals surface area contributed by atoms with E-state index in [1.54, 1.807) is 58.9 Å². The maximum atomic E-state index is 12.3. The first kappa shape index (κ1) is 40.9. The number of aliphatic carboxylic acids is 4. The number of benzene rings is 1. The molecule has 0 aliphatic carbocycles. The Hall–Kier alpha value is -4.23. The molecule has 1 aromatic carbocycles. The number of epoxide rings is 1. The quantitative estimate of drug-likeness (QED) is 0.127. The number of sulfone groups is 1. The fourth-order valence-electron chi connectivity index (χ4n) is 2.64. The van der Waals surface area contributed by atoms with Gasteiger partial charge >= 0.3 is 23.9 Å². The average Bonchev–Trinajstić information content (AvgIpc) is 3.77. The Bertz CT molecular complexity index is 1330. The minimum atomic E-state index is -3.71. The molecule has 0 amide bonds. The first-order chi connectivity index (χ1) is 19.9. The van der Waals surface area contributed by atoms with Crippen molar-refractivity contribution in [3.05, 3.63) is 75.4 Å². The summed E-state index contributed by atoms with van der Waals surface area (Å²) in [6.07, 6.45) is 6.21. The molecule has 1 heterocycles. The number of aliphatic hydroxyl groups excluding tert-OH is 1. The molecule has 0 spiro atoms. The highest BCUT2D eigenvalue weighted by molar-refractivity contribution is 7.95. The van der Waals surface area contributed by atoms with E-state index < -0.39 is 39.5 Å². The molecule has 0 aromatic heterocycles. The molecule has 1 unspecified atom stereocenters. The Labute approximate surface area is 252 Å². The maximum Gasteiger partial charge on any atom is 0.370 e. The Morgan fingerprint density at radius 3 is 1.60 bits per heavy atom. The Morgan fingerprint density at radius 2 is 1.33 bits per heavy atom. The van der Waals surface area contributed by atoms with Crippen molar-refractivity contribution in [2.45, 2.75) is 78.7 Å². The lowest BCUT2D eigenvalue weighted by molar-refractivity contribution is -0.136. The summed E-state index contributed by atoms with van der Waals surface area (Å²) in [6, 6.07) is 6.37. The van der Waals surface area contributed by atoms with Crippen molar-refractivity contribution in [1.82, 2.24) is 0 Å². The number of carboxylic acid groups (broad SMARTS) is 4. The number of aliphatic hydroxyl groups is 1. The van der Waals surface area contributed by atoms with Crippen molar-refractivity contribution in [3.8, 4) is 0 Å². The minimum Gasteiger partial charge on any atom is -0.502 e. The highest BCUT2D eigenvalue weighted by Crippen LogP contribution is 2.25. The van der Waals surface area contributed by atoms with Gasteiger partial charge in [0.2, 0.25) is 9.84 Å². The molecule has 0 saturated carbocycles. The van der Waals surface area contributed by atoms with Gasteiger partial charge in [0, 0.05) is 16.7 Å². The number of hydrogen-bond donors (Lipinski definition) is 5. The van der Waals surface area contributed by atoms with Crippen LogP contribution in [0.25, 0.3) is 0 Å². The van der Waals surface area contributed by atoms with Crippen LogP contribution in [0.3, 0.4) is 0 Å². The molecule has 1 fully saturated rings. The van der Waals surface area contributed by atoms with Crippen LogP contribution in [0.2, 0.25) is 0 Å². The summed E-state index contributed by atoms with van der Waals surface area (Å²) in [7, 11) is -3.71. The third kappa shape index (κ3) is 17.4. The fourth-order valence-corrected chi connectivity index (χ4v) is 4.29. The second-order valence-electron chi connectivity index (χ2n) is 8.99. The molecular weight excluding hydrogens is 584 g/mol. The van der Waals surface area contributed by atoms with Gasteiger partial charge in [0.15, 0.2) is 5.76 Å². The van der Waals surface area contributed by atoms with Gasteiger partial charge in [-0.25, -0.2) is 27.6 Å². The smallest absolute Gasteiger partial charge is 0.370 e. The average molecular weight is 627 g/mol.